The molecule has 1 aliphatic rings. The molecule has 2 heteroatoms. The van der Waals surface area contributed by atoms with E-state index in [2.05, 4.69) is 18.8 Å². The Hall–Kier alpha value is -0.340. The Kier molecular flexibility index (Phi) is 5.09. The number of nitrogens with one attached hydrogen (secondary N) is 1. The Morgan fingerprint density at radius 1 is 1.62 bits per heavy atom. The molecule has 1 N–H and O–H groups in total. The molecule has 0 bridgehead atoms. The molecule has 1 rings (SSSR count). The van der Waals surface area contributed by atoms with E-state index in [-0.39, 0.29) is 0 Å². The van der Waals surface area contributed by atoms with Crippen molar-refractivity contribution in [3.05, 3.63) is 12.7 Å². The largest absolute Gasteiger partial charge is 0.376 e. The number of hydrogen-bond donors (Lipinski definition) is 1. The van der Waals surface area contributed by atoms with Gasteiger partial charge in [0.1, 0.15) is 0 Å². The second-order valence-corrected chi connectivity index (χ2v) is 3.62. The molecule has 0 aliphatic carbocycles. The third-order valence-electron chi connectivity index (χ3n) is 2.50. The van der Waals surface area contributed by atoms with E-state index in [9.17, 15) is 0 Å². The maximum atomic E-state index is 5.69. The standard InChI is InChI=1S/C11H21NO/c1-3-8-12-10(4-2)11-7-5-6-9-13-11/h4,10-12H,2-3,5-9H2,1H3. The summed E-state index contributed by atoms with van der Waals surface area (Å²) in [5, 5.41) is 3.45. The Labute approximate surface area is 81.4 Å². The molecule has 0 spiro atoms. The molecular formula is C11H21NO. The predicted molar refractivity (Wildman–Crippen MR) is 55.9 cm³/mol. The average Bonchev–Trinajstić information content (AvgIpc) is 2.21. The third-order valence-corrected chi connectivity index (χ3v) is 2.50. The molecule has 76 valence electrons. The summed E-state index contributed by atoms with van der Waals surface area (Å²) in [4.78, 5) is 0. The van der Waals surface area contributed by atoms with E-state index in [0.29, 0.717) is 12.1 Å². The summed E-state index contributed by atoms with van der Waals surface area (Å²) in [6, 6.07) is 0.347. The minimum atomic E-state index is 0.347. The first-order chi connectivity index (χ1) is 6.38. The van der Waals surface area contributed by atoms with Crippen LogP contribution in [0.4, 0.5) is 0 Å². The average molecular weight is 183 g/mol. The smallest absolute Gasteiger partial charge is 0.0763 e. The first-order valence-electron chi connectivity index (χ1n) is 5.36. The van der Waals surface area contributed by atoms with Gasteiger partial charge in [-0.25, -0.2) is 0 Å². The lowest BCUT2D eigenvalue weighted by Crippen LogP contribution is -2.41. The van der Waals surface area contributed by atoms with Gasteiger partial charge in [0.05, 0.1) is 12.1 Å². The van der Waals surface area contributed by atoms with Crippen LogP contribution >= 0.6 is 0 Å². The van der Waals surface area contributed by atoms with Crippen molar-refractivity contribution in [3.8, 4) is 0 Å². The fraction of sp³-hybridized carbons (Fsp3) is 0.818. The molecule has 13 heavy (non-hydrogen) atoms. The summed E-state index contributed by atoms with van der Waals surface area (Å²) >= 11 is 0. The lowest BCUT2D eigenvalue weighted by atomic mass is 10.0. The molecule has 2 unspecified atom stereocenters. The molecule has 1 aliphatic heterocycles. The van der Waals surface area contributed by atoms with E-state index in [1.54, 1.807) is 0 Å². The highest BCUT2D eigenvalue weighted by Crippen LogP contribution is 2.16. The van der Waals surface area contributed by atoms with Crippen LogP contribution in [0.3, 0.4) is 0 Å². The van der Waals surface area contributed by atoms with Crippen molar-refractivity contribution in [2.24, 2.45) is 0 Å². The Balaban J connectivity index is 2.30. The van der Waals surface area contributed by atoms with Crippen molar-refractivity contribution in [3.63, 3.8) is 0 Å². The van der Waals surface area contributed by atoms with Crippen LogP contribution in [0.2, 0.25) is 0 Å². The van der Waals surface area contributed by atoms with E-state index >= 15 is 0 Å². The molecule has 0 amide bonds. The van der Waals surface area contributed by atoms with Crippen LogP contribution < -0.4 is 5.32 Å². The molecule has 1 heterocycles. The first-order valence-corrected chi connectivity index (χ1v) is 5.36. The van der Waals surface area contributed by atoms with Crippen molar-refractivity contribution in [2.45, 2.75) is 44.8 Å². The molecule has 2 nitrogen and oxygen atoms in total. The molecular weight excluding hydrogens is 162 g/mol. The van der Waals surface area contributed by atoms with Gasteiger partial charge in [-0.3, -0.25) is 0 Å². The summed E-state index contributed by atoms with van der Waals surface area (Å²) in [6.07, 6.45) is 7.19. The highest BCUT2D eigenvalue weighted by Gasteiger charge is 2.20. The van der Waals surface area contributed by atoms with Crippen LogP contribution in [0, 0.1) is 0 Å². The first kappa shape index (κ1) is 10.7. The fourth-order valence-electron chi connectivity index (χ4n) is 1.73. The predicted octanol–water partition coefficient (Wildman–Crippen LogP) is 2.11. The number of hydrogen-bond acceptors (Lipinski definition) is 2. The Morgan fingerprint density at radius 2 is 2.46 bits per heavy atom. The van der Waals surface area contributed by atoms with Crippen LogP contribution in [-0.4, -0.2) is 25.3 Å². The van der Waals surface area contributed by atoms with Crippen LogP contribution in [0.25, 0.3) is 0 Å². The lowest BCUT2D eigenvalue weighted by molar-refractivity contribution is 0.00236. The molecule has 0 radical (unpaired) electrons. The second kappa shape index (κ2) is 6.17. The summed E-state index contributed by atoms with van der Waals surface area (Å²) in [7, 11) is 0. The Morgan fingerprint density at radius 3 is 3.00 bits per heavy atom. The maximum Gasteiger partial charge on any atom is 0.0763 e. The van der Waals surface area contributed by atoms with Gasteiger partial charge in [-0.15, -0.1) is 6.58 Å². The quantitative estimate of drug-likeness (QED) is 0.659. The van der Waals surface area contributed by atoms with Gasteiger partial charge < -0.3 is 10.1 Å². The van der Waals surface area contributed by atoms with Crippen molar-refractivity contribution in [2.75, 3.05) is 13.2 Å². The van der Waals surface area contributed by atoms with Crippen molar-refractivity contribution < 1.29 is 4.74 Å². The zero-order chi connectivity index (χ0) is 9.52. The SMILES string of the molecule is C=CC(NCCC)C1CCCCO1. The minimum Gasteiger partial charge on any atom is -0.376 e. The summed E-state index contributed by atoms with van der Waals surface area (Å²) < 4.78 is 5.69. The Bertz CT molecular complexity index is 141. The number of ether oxygens (including phenoxy) is 1. The summed E-state index contributed by atoms with van der Waals surface area (Å²) in [6.45, 7) is 7.99. The molecule has 0 aromatic heterocycles. The van der Waals surface area contributed by atoms with Gasteiger partial charge in [0, 0.05) is 6.61 Å². The van der Waals surface area contributed by atoms with Crippen molar-refractivity contribution in [1.29, 1.82) is 0 Å². The summed E-state index contributed by atoms with van der Waals surface area (Å²) in [5.74, 6) is 0. The molecule has 1 fully saturated rings. The summed E-state index contributed by atoms with van der Waals surface area (Å²) in [5.41, 5.74) is 0. The number of rotatable bonds is 5. The van der Waals surface area contributed by atoms with Crippen LogP contribution in [0.1, 0.15) is 32.6 Å². The van der Waals surface area contributed by atoms with Crippen LogP contribution in [0.15, 0.2) is 12.7 Å². The van der Waals surface area contributed by atoms with Gasteiger partial charge in [0.25, 0.3) is 0 Å². The lowest BCUT2D eigenvalue weighted by Gasteiger charge is -2.29. The van der Waals surface area contributed by atoms with E-state index in [1.807, 2.05) is 6.08 Å². The highest BCUT2D eigenvalue weighted by molar-refractivity contribution is 4.92. The van der Waals surface area contributed by atoms with Gasteiger partial charge in [-0.05, 0) is 32.2 Å². The van der Waals surface area contributed by atoms with E-state index in [4.69, 9.17) is 4.74 Å². The van der Waals surface area contributed by atoms with Gasteiger partial charge in [0.15, 0.2) is 0 Å². The topological polar surface area (TPSA) is 21.3 Å². The van der Waals surface area contributed by atoms with E-state index in [0.717, 1.165) is 19.6 Å². The van der Waals surface area contributed by atoms with Crippen LogP contribution in [-0.2, 0) is 4.74 Å². The second-order valence-electron chi connectivity index (χ2n) is 3.62. The van der Waals surface area contributed by atoms with Crippen LogP contribution in [0.5, 0.6) is 0 Å². The molecule has 0 aromatic rings. The highest BCUT2D eigenvalue weighted by atomic mass is 16.5. The zero-order valence-electron chi connectivity index (χ0n) is 8.59. The molecule has 2 atom stereocenters. The molecule has 0 aromatic carbocycles. The molecule has 0 saturated carbocycles. The fourth-order valence-corrected chi connectivity index (χ4v) is 1.73. The van der Waals surface area contributed by atoms with Crippen molar-refractivity contribution >= 4 is 0 Å². The van der Waals surface area contributed by atoms with Gasteiger partial charge in [-0.1, -0.05) is 13.0 Å². The van der Waals surface area contributed by atoms with Gasteiger partial charge in [0.2, 0.25) is 0 Å². The van der Waals surface area contributed by atoms with E-state index in [1.165, 1.54) is 19.3 Å². The van der Waals surface area contributed by atoms with Crippen molar-refractivity contribution in [1.82, 2.24) is 5.32 Å². The third kappa shape index (κ3) is 3.49. The van der Waals surface area contributed by atoms with Gasteiger partial charge >= 0.3 is 0 Å². The molecule has 1 saturated heterocycles. The minimum absolute atomic E-state index is 0.347. The zero-order valence-corrected chi connectivity index (χ0v) is 8.59. The monoisotopic (exact) mass is 183 g/mol. The van der Waals surface area contributed by atoms with E-state index < -0.39 is 0 Å². The maximum absolute atomic E-state index is 5.69. The normalized spacial score (nSPS) is 25.5. The van der Waals surface area contributed by atoms with Gasteiger partial charge in [-0.2, -0.15) is 0 Å².